The highest BCUT2D eigenvalue weighted by Gasteiger charge is 2.38. The van der Waals surface area contributed by atoms with Gasteiger partial charge in [-0.2, -0.15) is 13.2 Å². The molecule has 0 bridgehead atoms. The molecule has 0 amide bonds. The Morgan fingerprint density at radius 2 is 1.83 bits per heavy atom. The smallest absolute Gasteiger partial charge is 0.475 e. The van der Waals surface area contributed by atoms with Crippen molar-refractivity contribution in [3.8, 4) is 11.3 Å². The molecule has 0 fully saturated rings. The number of hydrogen-bond acceptors (Lipinski definition) is 5. The molecule has 3 heterocycles. The van der Waals surface area contributed by atoms with Crippen LogP contribution in [-0.4, -0.2) is 55.7 Å². The summed E-state index contributed by atoms with van der Waals surface area (Å²) in [5.41, 5.74) is 5.31. The molecule has 0 saturated heterocycles. The summed E-state index contributed by atoms with van der Waals surface area (Å²) in [4.78, 5) is 36.9. The number of ketones is 1. The van der Waals surface area contributed by atoms with E-state index in [2.05, 4.69) is 26.0 Å². The number of unbranched alkanes of at least 4 members (excludes halogenated alkanes) is 1. The molecule has 4 aromatic rings. The van der Waals surface area contributed by atoms with Gasteiger partial charge in [0.05, 0.1) is 11.6 Å². The Morgan fingerprint density at radius 1 is 1.11 bits per heavy atom. The third-order valence-electron chi connectivity index (χ3n) is 5.24. The summed E-state index contributed by atoms with van der Waals surface area (Å²) in [6.45, 7) is 6.67. The van der Waals surface area contributed by atoms with Gasteiger partial charge in [0, 0.05) is 46.9 Å². The number of carbonyl (C=O) groups excluding carboxylic acids is 1. The molecule has 4 rings (SSSR count). The first kappa shape index (κ1) is 26.9. The van der Waals surface area contributed by atoms with E-state index >= 15 is 0 Å². The number of carboxylic acids is 1. The molecule has 0 unspecified atom stereocenters. The number of alkyl halides is 3. The number of H-pyrrole nitrogens is 2. The Morgan fingerprint density at radius 3 is 2.50 bits per heavy atom. The number of fused-ring (bicyclic) bond motifs is 2. The number of aromatic nitrogens is 4. The van der Waals surface area contributed by atoms with Crippen molar-refractivity contribution in [3.05, 3.63) is 47.9 Å². The Balaban J connectivity index is 0.000000454. The van der Waals surface area contributed by atoms with Gasteiger partial charge < -0.3 is 19.8 Å². The topological polar surface area (TPSA) is 121 Å². The lowest BCUT2D eigenvalue weighted by Gasteiger charge is -2.06. The van der Waals surface area contributed by atoms with Crippen LogP contribution in [-0.2, 0) is 9.53 Å². The lowest BCUT2D eigenvalue weighted by Crippen LogP contribution is -2.21. The van der Waals surface area contributed by atoms with Gasteiger partial charge in [-0.25, -0.2) is 14.8 Å². The van der Waals surface area contributed by atoms with Crippen LogP contribution in [0.25, 0.3) is 33.3 Å². The molecule has 3 aromatic heterocycles. The van der Waals surface area contributed by atoms with Crippen molar-refractivity contribution in [2.75, 3.05) is 6.61 Å². The number of nitrogens with one attached hydrogen (secondary N) is 2. The Bertz CT molecular complexity index is 1360. The van der Waals surface area contributed by atoms with Crippen molar-refractivity contribution >= 4 is 33.8 Å². The van der Waals surface area contributed by atoms with Crippen LogP contribution in [0.1, 0.15) is 49.3 Å². The van der Waals surface area contributed by atoms with Crippen molar-refractivity contribution in [2.45, 2.75) is 52.3 Å². The van der Waals surface area contributed by atoms with Crippen LogP contribution in [0, 0.1) is 6.92 Å². The average molecular weight is 505 g/mol. The number of pyridine rings is 1. The number of Topliss-reactive ketones (excluding diaryl/α,β-unsaturated/α-hetero) is 1. The Hall–Kier alpha value is -3.73. The molecule has 0 aliphatic heterocycles. The highest BCUT2D eigenvalue weighted by molar-refractivity contribution is 6.01. The number of carbonyl (C=O) groups is 2. The van der Waals surface area contributed by atoms with Crippen molar-refractivity contribution in [3.63, 3.8) is 0 Å². The van der Waals surface area contributed by atoms with E-state index in [0.717, 1.165) is 51.9 Å². The monoisotopic (exact) mass is 504 g/mol. The van der Waals surface area contributed by atoms with E-state index in [0.29, 0.717) is 18.7 Å². The number of ether oxygens (including phenoxy) is 1. The van der Waals surface area contributed by atoms with Crippen LogP contribution in [0.15, 0.2) is 36.5 Å². The number of halogens is 3. The predicted molar refractivity (Wildman–Crippen MR) is 129 cm³/mol. The quantitative estimate of drug-likeness (QED) is 0.205. The largest absolute Gasteiger partial charge is 0.490 e. The number of benzene rings is 1. The highest BCUT2D eigenvalue weighted by Crippen LogP contribution is 2.29. The minimum absolute atomic E-state index is 0.170. The first-order chi connectivity index (χ1) is 17.0. The second kappa shape index (κ2) is 11.3. The summed E-state index contributed by atoms with van der Waals surface area (Å²) >= 11 is 0. The molecular formula is C25H27F3N4O4. The van der Waals surface area contributed by atoms with Crippen molar-refractivity contribution in [1.82, 2.24) is 19.9 Å². The highest BCUT2D eigenvalue weighted by atomic mass is 19.4. The third kappa shape index (κ3) is 6.91. The van der Waals surface area contributed by atoms with Gasteiger partial charge in [0.1, 0.15) is 5.82 Å². The summed E-state index contributed by atoms with van der Waals surface area (Å²) in [5, 5.41) is 8.20. The second-order valence-corrected chi connectivity index (χ2v) is 8.47. The van der Waals surface area contributed by atoms with E-state index in [1.165, 1.54) is 0 Å². The molecule has 1 aromatic carbocycles. The fourth-order valence-corrected chi connectivity index (χ4v) is 3.55. The number of nitrogens with zero attached hydrogens (tertiary/aromatic N) is 2. The van der Waals surface area contributed by atoms with Gasteiger partial charge in [0.25, 0.3) is 0 Å². The number of imidazole rings is 1. The lowest BCUT2D eigenvalue weighted by molar-refractivity contribution is -0.192. The maximum atomic E-state index is 12.6. The molecule has 8 nitrogen and oxygen atoms in total. The minimum atomic E-state index is -5.08. The summed E-state index contributed by atoms with van der Waals surface area (Å²) in [7, 11) is 0. The summed E-state index contributed by atoms with van der Waals surface area (Å²) in [6.07, 6.45) is -0.795. The molecular weight excluding hydrogens is 477 g/mol. The van der Waals surface area contributed by atoms with E-state index in [1.807, 2.05) is 45.0 Å². The molecule has 3 N–H and O–H groups in total. The molecule has 0 spiro atoms. The maximum Gasteiger partial charge on any atom is 0.490 e. The second-order valence-electron chi connectivity index (χ2n) is 8.47. The molecule has 0 atom stereocenters. The van der Waals surface area contributed by atoms with E-state index in [1.54, 1.807) is 6.20 Å². The van der Waals surface area contributed by atoms with Crippen LogP contribution in [0.2, 0.25) is 0 Å². The summed E-state index contributed by atoms with van der Waals surface area (Å²) in [6, 6.07) is 9.92. The first-order valence-corrected chi connectivity index (χ1v) is 11.3. The van der Waals surface area contributed by atoms with Gasteiger partial charge >= 0.3 is 12.1 Å². The van der Waals surface area contributed by atoms with Gasteiger partial charge in [0.15, 0.2) is 11.4 Å². The van der Waals surface area contributed by atoms with Crippen LogP contribution in [0.5, 0.6) is 0 Å². The van der Waals surface area contributed by atoms with Crippen LogP contribution in [0.4, 0.5) is 13.2 Å². The van der Waals surface area contributed by atoms with Gasteiger partial charge in [-0.15, -0.1) is 0 Å². The molecule has 36 heavy (non-hydrogen) atoms. The lowest BCUT2D eigenvalue weighted by atomic mass is 10.0. The van der Waals surface area contributed by atoms with E-state index < -0.39 is 12.1 Å². The number of rotatable bonds is 8. The van der Waals surface area contributed by atoms with Crippen molar-refractivity contribution in [1.29, 1.82) is 0 Å². The predicted octanol–water partition coefficient (Wildman–Crippen LogP) is 5.83. The number of aliphatic carboxylic acids is 1. The molecule has 11 heteroatoms. The zero-order valence-electron chi connectivity index (χ0n) is 20.1. The van der Waals surface area contributed by atoms with Crippen molar-refractivity contribution in [2.24, 2.45) is 0 Å². The van der Waals surface area contributed by atoms with E-state index in [9.17, 15) is 18.0 Å². The minimum Gasteiger partial charge on any atom is -0.475 e. The zero-order valence-corrected chi connectivity index (χ0v) is 20.1. The van der Waals surface area contributed by atoms with Crippen LogP contribution >= 0.6 is 0 Å². The standard InChI is InChI=1S/C23H26N4O2.C2HF3O2/c1-14(2)29-11-5-4-6-21(28)17-8-7-16-12-20(27-19(16)13-17)18-9-10-24-23-22(18)25-15(3)26-23;3-2(4,5)1(6)7/h7-10,12-14,27H,4-6,11H2,1-3H3,(H,24,25,26);(H,6,7). The molecule has 0 saturated carbocycles. The van der Waals surface area contributed by atoms with Gasteiger partial charge in [-0.05, 0) is 51.8 Å². The Kier molecular flexibility index (Phi) is 8.46. The third-order valence-corrected chi connectivity index (χ3v) is 5.24. The van der Waals surface area contributed by atoms with Crippen LogP contribution in [0.3, 0.4) is 0 Å². The van der Waals surface area contributed by atoms with Gasteiger partial charge in [-0.1, -0.05) is 12.1 Å². The molecule has 0 aliphatic carbocycles. The Labute approximate surface area is 204 Å². The molecule has 0 aliphatic rings. The summed E-state index contributed by atoms with van der Waals surface area (Å²) < 4.78 is 37.3. The van der Waals surface area contributed by atoms with Crippen molar-refractivity contribution < 1.29 is 32.6 Å². The summed E-state index contributed by atoms with van der Waals surface area (Å²) in [5.74, 6) is -1.75. The van der Waals surface area contributed by atoms with Gasteiger partial charge in [-0.3, -0.25) is 4.79 Å². The molecule has 0 radical (unpaired) electrons. The number of aryl methyl sites for hydroxylation is 1. The number of hydrogen-bond donors (Lipinski definition) is 3. The fourth-order valence-electron chi connectivity index (χ4n) is 3.55. The average Bonchev–Trinajstić information content (AvgIpc) is 3.39. The van der Waals surface area contributed by atoms with Gasteiger partial charge in [0.2, 0.25) is 0 Å². The van der Waals surface area contributed by atoms with E-state index in [4.69, 9.17) is 14.6 Å². The SMILES string of the molecule is Cc1nc2nccc(-c3cc4ccc(C(=O)CCCCOC(C)C)cc4[nH]3)c2[nH]1.O=C(O)C(F)(F)F. The number of aromatic amines is 2. The van der Waals surface area contributed by atoms with Crippen LogP contribution < -0.4 is 0 Å². The first-order valence-electron chi connectivity index (χ1n) is 11.3. The maximum absolute atomic E-state index is 12.6. The zero-order chi connectivity index (χ0) is 26.5. The normalized spacial score (nSPS) is 11.6. The molecule has 192 valence electrons. The fraction of sp³-hybridized carbons (Fsp3) is 0.360. The number of carboxylic acid groups (broad SMARTS) is 1. The van der Waals surface area contributed by atoms with E-state index in [-0.39, 0.29) is 11.9 Å².